The molecule has 0 saturated heterocycles. The minimum Gasteiger partial charge on any atom is -0.219 e. The fourth-order valence-corrected chi connectivity index (χ4v) is 3.46. The van der Waals surface area contributed by atoms with E-state index in [1.807, 2.05) is 6.07 Å². The monoisotopic (exact) mass is 358 g/mol. The molecule has 0 heterocycles. The summed E-state index contributed by atoms with van der Waals surface area (Å²) in [5, 5.41) is 0. The molecule has 0 unspecified atom stereocenters. The first-order chi connectivity index (χ1) is 8.01. The Kier molecular flexibility index (Phi) is 3.53. The summed E-state index contributed by atoms with van der Waals surface area (Å²) < 4.78 is 25.7. The van der Waals surface area contributed by atoms with Crippen LogP contribution >= 0.6 is 22.6 Å². The first kappa shape index (κ1) is 12.6. The van der Waals surface area contributed by atoms with Crippen LogP contribution in [0.4, 0.5) is 0 Å². The van der Waals surface area contributed by atoms with Crippen molar-refractivity contribution in [2.24, 2.45) is 0 Å². The molecule has 0 aliphatic rings. The molecular formula is C13H11IO2S. The van der Waals surface area contributed by atoms with Crippen LogP contribution < -0.4 is 0 Å². The number of hydrogen-bond acceptors (Lipinski definition) is 2. The van der Waals surface area contributed by atoms with Gasteiger partial charge in [0.15, 0.2) is 0 Å². The van der Waals surface area contributed by atoms with E-state index in [2.05, 4.69) is 22.6 Å². The zero-order valence-corrected chi connectivity index (χ0v) is 12.2. The SMILES string of the molecule is Cc1ccccc1S(=O)(=O)c1ccc(I)cc1. The standard InChI is InChI=1S/C13H11IO2S/c1-10-4-2-3-5-13(10)17(15,16)12-8-6-11(14)7-9-12/h2-9H,1H3. The zero-order valence-electron chi connectivity index (χ0n) is 9.22. The fourth-order valence-electron chi connectivity index (χ4n) is 1.60. The van der Waals surface area contributed by atoms with Crippen LogP contribution in [0.5, 0.6) is 0 Å². The molecule has 88 valence electrons. The summed E-state index contributed by atoms with van der Waals surface area (Å²) in [5.41, 5.74) is 0.769. The highest BCUT2D eigenvalue weighted by Gasteiger charge is 2.18. The molecule has 0 fully saturated rings. The number of benzene rings is 2. The quantitative estimate of drug-likeness (QED) is 0.771. The molecule has 4 heteroatoms. The van der Waals surface area contributed by atoms with Crippen molar-refractivity contribution in [3.63, 3.8) is 0 Å². The van der Waals surface area contributed by atoms with Gasteiger partial charge in [0.1, 0.15) is 0 Å². The predicted octanol–water partition coefficient (Wildman–Crippen LogP) is 3.43. The van der Waals surface area contributed by atoms with E-state index in [1.165, 1.54) is 0 Å². The van der Waals surface area contributed by atoms with E-state index in [9.17, 15) is 8.42 Å². The Hall–Kier alpha value is -0.880. The van der Waals surface area contributed by atoms with Gasteiger partial charge < -0.3 is 0 Å². The van der Waals surface area contributed by atoms with Crippen LogP contribution in [0.15, 0.2) is 58.3 Å². The molecule has 0 aliphatic heterocycles. The molecule has 0 bridgehead atoms. The first-order valence-corrected chi connectivity index (χ1v) is 7.64. The van der Waals surface area contributed by atoms with Crippen molar-refractivity contribution in [3.05, 3.63) is 57.7 Å². The fraction of sp³-hybridized carbons (Fsp3) is 0.0769. The Morgan fingerprint density at radius 3 is 2.12 bits per heavy atom. The Morgan fingerprint density at radius 1 is 0.941 bits per heavy atom. The molecule has 0 spiro atoms. The lowest BCUT2D eigenvalue weighted by atomic mass is 10.2. The molecule has 2 aromatic rings. The number of hydrogen-bond donors (Lipinski definition) is 0. The number of halogens is 1. The summed E-state index contributed by atoms with van der Waals surface area (Å²) in [6.07, 6.45) is 0. The Labute approximate surface area is 115 Å². The van der Waals surface area contributed by atoms with E-state index >= 15 is 0 Å². The van der Waals surface area contributed by atoms with E-state index in [1.54, 1.807) is 49.4 Å². The van der Waals surface area contributed by atoms with E-state index in [-0.39, 0.29) is 0 Å². The zero-order chi connectivity index (χ0) is 12.5. The minimum atomic E-state index is -3.39. The van der Waals surface area contributed by atoms with Gasteiger partial charge in [-0.15, -0.1) is 0 Å². The minimum absolute atomic E-state index is 0.340. The van der Waals surface area contributed by atoms with E-state index < -0.39 is 9.84 Å². The van der Waals surface area contributed by atoms with Crippen LogP contribution in [-0.2, 0) is 9.84 Å². The average molecular weight is 358 g/mol. The molecular weight excluding hydrogens is 347 g/mol. The molecule has 2 rings (SSSR count). The summed E-state index contributed by atoms with van der Waals surface area (Å²) in [4.78, 5) is 0.716. The molecule has 0 aliphatic carbocycles. The van der Waals surface area contributed by atoms with Gasteiger partial charge in [-0.05, 0) is 65.4 Å². The van der Waals surface area contributed by atoms with Crippen LogP contribution in [-0.4, -0.2) is 8.42 Å². The second-order valence-corrected chi connectivity index (χ2v) is 6.89. The molecule has 0 atom stereocenters. The van der Waals surface area contributed by atoms with E-state index in [4.69, 9.17) is 0 Å². The third-order valence-electron chi connectivity index (χ3n) is 2.51. The number of sulfone groups is 1. The first-order valence-electron chi connectivity index (χ1n) is 5.08. The maximum absolute atomic E-state index is 12.4. The number of rotatable bonds is 2. The van der Waals surface area contributed by atoms with Crippen molar-refractivity contribution in [2.45, 2.75) is 16.7 Å². The molecule has 0 radical (unpaired) electrons. The van der Waals surface area contributed by atoms with Crippen LogP contribution in [0.3, 0.4) is 0 Å². The van der Waals surface area contributed by atoms with Gasteiger partial charge in [0.25, 0.3) is 0 Å². The predicted molar refractivity (Wildman–Crippen MR) is 75.8 cm³/mol. The molecule has 0 amide bonds. The van der Waals surface area contributed by atoms with E-state index in [0.29, 0.717) is 9.79 Å². The highest BCUT2D eigenvalue weighted by molar-refractivity contribution is 14.1. The highest BCUT2D eigenvalue weighted by Crippen LogP contribution is 2.23. The van der Waals surface area contributed by atoms with Gasteiger partial charge in [-0.25, -0.2) is 8.42 Å². The van der Waals surface area contributed by atoms with Crippen molar-refractivity contribution in [3.8, 4) is 0 Å². The smallest absolute Gasteiger partial charge is 0.206 e. The third-order valence-corrected chi connectivity index (χ3v) is 5.16. The topological polar surface area (TPSA) is 34.1 Å². The molecule has 0 N–H and O–H groups in total. The van der Waals surface area contributed by atoms with Gasteiger partial charge in [0.05, 0.1) is 9.79 Å². The van der Waals surface area contributed by atoms with Crippen LogP contribution in [0, 0.1) is 10.5 Å². The highest BCUT2D eigenvalue weighted by atomic mass is 127. The normalized spacial score (nSPS) is 11.4. The van der Waals surface area contributed by atoms with Gasteiger partial charge in [-0.1, -0.05) is 18.2 Å². The van der Waals surface area contributed by atoms with Crippen molar-refractivity contribution in [1.29, 1.82) is 0 Å². The second-order valence-electron chi connectivity index (χ2n) is 3.72. The van der Waals surface area contributed by atoms with Crippen LogP contribution in [0.25, 0.3) is 0 Å². The molecule has 2 nitrogen and oxygen atoms in total. The van der Waals surface area contributed by atoms with E-state index in [0.717, 1.165) is 9.13 Å². The molecule has 2 aromatic carbocycles. The van der Waals surface area contributed by atoms with Gasteiger partial charge in [0.2, 0.25) is 9.84 Å². The van der Waals surface area contributed by atoms with Crippen molar-refractivity contribution in [2.75, 3.05) is 0 Å². The molecule has 17 heavy (non-hydrogen) atoms. The lowest BCUT2D eigenvalue weighted by molar-refractivity contribution is 0.595. The van der Waals surface area contributed by atoms with Crippen LogP contribution in [0.2, 0.25) is 0 Å². The maximum atomic E-state index is 12.4. The Morgan fingerprint density at radius 2 is 1.53 bits per heavy atom. The third kappa shape index (κ3) is 2.52. The van der Waals surface area contributed by atoms with Crippen LogP contribution in [0.1, 0.15) is 5.56 Å². The van der Waals surface area contributed by atoms with Crippen molar-refractivity contribution >= 4 is 32.4 Å². The summed E-state index contributed by atoms with van der Waals surface area (Å²) in [6, 6.07) is 13.9. The summed E-state index contributed by atoms with van der Waals surface area (Å²) in [5.74, 6) is 0. The van der Waals surface area contributed by atoms with Gasteiger partial charge in [-0.2, -0.15) is 0 Å². The lowest BCUT2D eigenvalue weighted by Gasteiger charge is -2.07. The summed E-state index contributed by atoms with van der Waals surface area (Å²) >= 11 is 2.15. The van der Waals surface area contributed by atoms with Crippen molar-refractivity contribution in [1.82, 2.24) is 0 Å². The average Bonchev–Trinajstić information content (AvgIpc) is 2.30. The Balaban J connectivity index is 2.58. The van der Waals surface area contributed by atoms with Crippen molar-refractivity contribution < 1.29 is 8.42 Å². The Bertz CT molecular complexity index is 631. The molecule has 0 saturated carbocycles. The van der Waals surface area contributed by atoms with Gasteiger partial charge in [-0.3, -0.25) is 0 Å². The summed E-state index contributed by atoms with van der Waals surface area (Å²) in [7, 11) is -3.39. The summed E-state index contributed by atoms with van der Waals surface area (Å²) in [6.45, 7) is 1.81. The lowest BCUT2D eigenvalue weighted by Crippen LogP contribution is -2.03. The second kappa shape index (κ2) is 4.78. The number of aryl methyl sites for hydroxylation is 1. The van der Waals surface area contributed by atoms with Gasteiger partial charge >= 0.3 is 0 Å². The van der Waals surface area contributed by atoms with Gasteiger partial charge in [0, 0.05) is 3.57 Å². The maximum Gasteiger partial charge on any atom is 0.206 e. The molecule has 0 aromatic heterocycles. The largest absolute Gasteiger partial charge is 0.219 e.